The molecule has 0 aromatic heterocycles. The van der Waals surface area contributed by atoms with Crippen molar-refractivity contribution in [2.75, 3.05) is 25.1 Å². The number of hydrogen-bond donors (Lipinski definition) is 6. The highest BCUT2D eigenvalue weighted by atomic mass is 32.2. The topological polar surface area (TPSA) is 171 Å². The van der Waals surface area contributed by atoms with Crippen molar-refractivity contribution in [3.63, 3.8) is 0 Å². The van der Waals surface area contributed by atoms with Crippen LogP contribution in [0.3, 0.4) is 0 Å². The quantitative estimate of drug-likeness (QED) is 0.242. The summed E-state index contributed by atoms with van der Waals surface area (Å²) in [6.45, 7) is -0.966. The molecule has 0 aliphatic heterocycles. The van der Waals surface area contributed by atoms with Crippen molar-refractivity contribution in [1.82, 2.24) is 16.0 Å². The van der Waals surface area contributed by atoms with E-state index < -0.39 is 42.3 Å². The zero-order valence-corrected chi connectivity index (χ0v) is 16.8. The number of phenols is 1. The van der Waals surface area contributed by atoms with Crippen LogP contribution in [0.5, 0.6) is 5.75 Å². The molecule has 0 spiro atoms. The summed E-state index contributed by atoms with van der Waals surface area (Å²) in [6.07, 6.45) is 2.43. The summed E-state index contributed by atoms with van der Waals surface area (Å²) in [7, 11) is 0. The molecule has 1 aromatic carbocycles. The number of carbonyl (C=O) groups is 4. The lowest BCUT2D eigenvalue weighted by Crippen LogP contribution is -2.52. The fourth-order valence-corrected chi connectivity index (χ4v) is 2.77. The summed E-state index contributed by atoms with van der Waals surface area (Å²) in [5.74, 6) is -2.25. The van der Waals surface area contributed by atoms with Gasteiger partial charge >= 0.3 is 5.97 Å². The molecule has 7 N–H and O–H groups in total. The largest absolute Gasteiger partial charge is 0.508 e. The lowest BCUT2D eigenvalue weighted by molar-refractivity contribution is -0.138. The molecule has 2 atom stereocenters. The third-order valence-electron chi connectivity index (χ3n) is 3.83. The number of rotatable bonds is 12. The number of amides is 3. The summed E-state index contributed by atoms with van der Waals surface area (Å²) in [6, 6.07) is 4.21. The van der Waals surface area contributed by atoms with Crippen LogP contribution in [0.2, 0.25) is 0 Å². The number of thioether (sulfide) groups is 1. The molecule has 1 rings (SSSR count). The maximum Gasteiger partial charge on any atom is 0.322 e. The minimum absolute atomic E-state index is 0.0465. The van der Waals surface area contributed by atoms with E-state index in [0.29, 0.717) is 17.7 Å². The van der Waals surface area contributed by atoms with Gasteiger partial charge in [0.05, 0.1) is 12.6 Å². The van der Waals surface area contributed by atoms with Crippen LogP contribution >= 0.6 is 11.8 Å². The Balaban J connectivity index is 2.68. The second-order valence-electron chi connectivity index (χ2n) is 6.21. The molecule has 11 heteroatoms. The van der Waals surface area contributed by atoms with Crippen LogP contribution in [0.15, 0.2) is 24.3 Å². The number of benzene rings is 1. The van der Waals surface area contributed by atoms with E-state index in [2.05, 4.69) is 16.0 Å². The van der Waals surface area contributed by atoms with Gasteiger partial charge in [-0.05, 0) is 36.1 Å². The number of aliphatic carboxylic acids is 1. The van der Waals surface area contributed by atoms with Gasteiger partial charge in [0.2, 0.25) is 17.7 Å². The first-order chi connectivity index (χ1) is 13.7. The van der Waals surface area contributed by atoms with Crippen molar-refractivity contribution in [3.8, 4) is 5.75 Å². The predicted octanol–water partition coefficient (Wildman–Crippen LogP) is -1.18. The molecule has 0 fully saturated rings. The maximum atomic E-state index is 12.3. The van der Waals surface area contributed by atoms with Gasteiger partial charge in [-0.15, -0.1) is 0 Å². The highest BCUT2D eigenvalue weighted by Gasteiger charge is 2.22. The number of nitrogens with one attached hydrogen (secondary N) is 3. The van der Waals surface area contributed by atoms with Gasteiger partial charge in [0.1, 0.15) is 18.3 Å². The van der Waals surface area contributed by atoms with Crippen molar-refractivity contribution in [3.05, 3.63) is 29.8 Å². The molecule has 0 aliphatic carbocycles. The van der Waals surface area contributed by atoms with Crippen molar-refractivity contribution in [2.45, 2.75) is 24.9 Å². The fraction of sp³-hybridized carbons (Fsp3) is 0.444. The molecule has 1 aromatic rings. The Morgan fingerprint density at radius 3 is 2.28 bits per heavy atom. The Morgan fingerprint density at radius 1 is 1.07 bits per heavy atom. The zero-order valence-electron chi connectivity index (χ0n) is 16.0. The highest BCUT2D eigenvalue weighted by Crippen LogP contribution is 2.11. The number of hydrogen-bond acceptors (Lipinski definition) is 7. The van der Waals surface area contributed by atoms with Crippen molar-refractivity contribution < 1.29 is 29.4 Å². The Labute approximate surface area is 172 Å². The first kappa shape index (κ1) is 24.2. The zero-order chi connectivity index (χ0) is 21.8. The summed E-state index contributed by atoms with van der Waals surface area (Å²) in [5.41, 5.74) is 6.36. The number of phenolic OH excluding ortho intramolecular Hbond substituents is 1. The smallest absolute Gasteiger partial charge is 0.322 e. The highest BCUT2D eigenvalue weighted by molar-refractivity contribution is 7.98. The normalized spacial score (nSPS) is 12.5. The van der Waals surface area contributed by atoms with E-state index in [1.165, 1.54) is 12.1 Å². The van der Waals surface area contributed by atoms with E-state index in [4.69, 9.17) is 10.8 Å². The van der Waals surface area contributed by atoms with E-state index in [9.17, 15) is 24.3 Å². The molecule has 10 nitrogen and oxygen atoms in total. The molecule has 0 heterocycles. The van der Waals surface area contributed by atoms with E-state index in [1.807, 2.05) is 6.26 Å². The monoisotopic (exact) mass is 426 g/mol. The van der Waals surface area contributed by atoms with E-state index in [-0.39, 0.29) is 18.7 Å². The summed E-state index contributed by atoms with van der Waals surface area (Å²) < 4.78 is 0. The minimum atomic E-state index is -1.22. The van der Waals surface area contributed by atoms with Crippen molar-refractivity contribution >= 4 is 35.5 Å². The Kier molecular flexibility index (Phi) is 10.6. The molecule has 29 heavy (non-hydrogen) atoms. The van der Waals surface area contributed by atoms with Crippen LogP contribution in [0.1, 0.15) is 12.0 Å². The van der Waals surface area contributed by atoms with E-state index in [0.717, 1.165) is 0 Å². The average molecular weight is 426 g/mol. The fourth-order valence-electron chi connectivity index (χ4n) is 2.28. The summed E-state index contributed by atoms with van der Waals surface area (Å²) in [5, 5.41) is 25.2. The third kappa shape index (κ3) is 9.81. The number of nitrogens with two attached hydrogens (primary N) is 1. The van der Waals surface area contributed by atoms with Crippen LogP contribution in [-0.4, -0.2) is 71.1 Å². The molecular weight excluding hydrogens is 400 g/mol. The third-order valence-corrected chi connectivity index (χ3v) is 4.48. The summed E-state index contributed by atoms with van der Waals surface area (Å²) >= 11 is 1.55. The van der Waals surface area contributed by atoms with Crippen LogP contribution in [0, 0.1) is 0 Å². The molecular formula is C18H26N4O6S. The van der Waals surface area contributed by atoms with Crippen LogP contribution in [0.4, 0.5) is 0 Å². The van der Waals surface area contributed by atoms with Gasteiger partial charge in [0, 0.05) is 6.42 Å². The lowest BCUT2D eigenvalue weighted by Gasteiger charge is -2.19. The van der Waals surface area contributed by atoms with Gasteiger partial charge < -0.3 is 31.9 Å². The maximum absolute atomic E-state index is 12.3. The van der Waals surface area contributed by atoms with Crippen LogP contribution in [-0.2, 0) is 25.6 Å². The van der Waals surface area contributed by atoms with Gasteiger partial charge in [0.25, 0.3) is 0 Å². The molecule has 2 unspecified atom stereocenters. The molecule has 0 saturated carbocycles. The molecule has 0 radical (unpaired) electrons. The van der Waals surface area contributed by atoms with Crippen LogP contribution in [0.25, 0.3) is 0 Å². The van der Waals surface area contributed by atoms with Gasteiger partial charge in [-0.3, -0.25) is 19.2 Å². The average Bonchev–Trinajstić information content (AvgIpc) is 2.69. The van der Waals surface area contributed by atoms with Crippen molar-refractivity contribution in [1.29, 1.82) is 0 Å². The minimum Gasteiger partial charge on any atom is -0.508 e. The molecule has 0 saturated heterocycles. The van der Waals surface area contributed by atoms with Gasteiger partial charge in [-0.2, -0.15) is 11.8 Å². The molecule has 0 aliphatic rings. The Bertz CT molecular complexity index is 713. The molecule has 3 amide bonds. The first-order valence-electron chi connectivity index (χ1n) is 8.82. The molecule has 160 valence electrons. The number of carboxylic acid groups (broad SMARTS) is 1. The van der Waals surface area contributed by atoms with E-state index >= 15 is 0 Å². The second kappa shape index (κ2) is 12.6. The van der Waals surface area contributed by atoms with Gasteiger partial charge in [-0.1, -0.05) is 12.1 Å². The summed E-state index contributed by atoms with van der Waals surface area (Å²) in [4.78, 5) is 47.0. The number of carboxylic acids is 1. The SMILES string of the molecule is CSCCC(N)C(=O)NCC(=O)NC(Cc1ccc(O)cc1)C(=O)NCC(=O)O. The van der Waals surface area contributed by atoms with Crippen molar-refractivity contribution in [2.24, 2.45) is 5.73 Å². The lowest BCUT2D eigenvalue weighted by atomic mass is 10.0. The predicted molar refractivity (Wildman–Crippen MR) is 108 cm³/mol. The standard InChI is InChI=1S/C18H26N4O6S/c1-29-7-6-13(19)17(27)20-9-15(24)22-14(18(28)21-10-16(25)26)8-11-2-4-12(23)5-3-11/h2-5,13-14,23H,6-10,19H2,1H3,(H,20,27)(H,21,28)(H,22,24)(H,25,26). The van der Waals surface area contributed by atoms with E-state index in [1.54, 1.807) is 23.9 Å². The second-order valence-corrected chi connectivity index (χ2v) is 7.19. The number of aromatic hydroxyl groups is 1. The Morgan fingerprint density at radius 2 is 1.69 bits per heavy atom. The molecule has 0 bridgehead atoms. The first-order valence-corrected chi connectivity index (χ1v) is 10.2. The van der Waals surface area contributed by atoms with Crippen LogP contribution < -0.4 is 21.7 Å². The van der Waals surface area contributed by atoms with Gasteiger partial charge in [-0.25, -0.2) is 0 Å². The Hall–Kier alpha value is -2.79. The number of carbonyl (C=O) groups excluding carboxylic acids is 3. The van der Waals surface area contributed by atoms with Gasteiger partial charge in [0.15, 0.2) is 0 Å².